The third-order valence-electron chi connectivity index (χ3n) is 5.04. The van der Waals surface area contributed by atoms with Crippen LogP contribution in [-0.2, 0) is 15.8 Å². The number of aliphatic hydroxyl groups excluding tert-OH is 1. The first-order valence-corrected chi connectivity index (χ1v) is 12.0. The van der Waals surface area contributed by atoms with E-state index in [0.29, 0.717) is 0 Å². The summed E-state index contributed by atoms with van der Waals surface area (Å²) in [5.74, 6) is 1.15. The molecule has 0 heterocycles. The van der Waals surface area contributed by atoms with Gasteiger partial charge in [0.1, 0.15) is 14.1 Å². The lowest BCUT2D eigenvalue weighted by Crippen LogP contribution is -2.46. The molecule has 0 aliphatic rings. The fraction of sp³-hybridized carbons (Fsp3) is 0.500. The number of aliphatic hydroxyl groups is 1. The highest BCUT2D eigenvalue weighted by Crippen LogP contribution is 2.35. The zero-order chi connectivity index (χ0) is 22.6. The highest BCUT2D eigenvalue weighted by molar-refractivity contribution is 6.87. The molecule has 4 N–H and O–H groups in total. The lowest BCUT2D eigenvalue weighted by molar-refractivity contribution is -0.137. The molecule has 0 spiro atoms. The van der Waals surface area contributed by atoms with Crippen molar-refractivity contribution in [2.45, 2.75) is 63.6 Å². The van der Waals surface area contributed by atoms with Gasteiger partial charge in [0.05, 0.1) is 5.56 Å². The van der Waals surface area contributed by atoms with E-state index in [-0.39, 0.29) is 17.0 Å². The summed E-state index contributed by atoms with van der Waals surface area (Å²) >= 11 is 0. The molecule has 5 nitrogen and oxygen atoms in total. The zero-order valence-electron chi connectivity index (χ0n) is 17.1. The van der Waals surface area contributed by atoms with Crippen molar-refractivity contribution in [1.82, 2.24) is 5.32 Å². The summed E-state index contributed by atoms with van der Waals surface area (Å²) in [6, 6.07) is 2.42. The van der Waals surface area contributed by atoms with Crippen LogP contribution >= 0.6 is 0 Å². The van der Waals surface area contributed by atoms with Crippen molar-refractivity contribution in [3.63, 3.8) is 0 Å². The van der Waals surface area contributed by atoms with Crippen molar-refractivity contribution in [3.8, 4) is 11.5 Å². The van der Waals surface area contributed by atoms with Crippen molar-refractivity contribution >= 4 is 19.9 Å². The molecule has 0 bridgehead atoms. The number of benzene rings is 1. The van der Waals surface area contributed by atoms with Crippen molar-refractivity contribution in [2.24, 2.45) is 5.73 Å². The van der Waals surface area contributed by atoms with Crippen molar-refractivity contribution in [2.75, 3.05) is 0 Å². The van der Waals surface area contributed by atoms with Crippen LogP contribution in [0.15, 0.2) is 24.3 Å². The van der Waals surface area contributed by atoms with Crippen LogP contribution in [0.3, 0.4) is 0 Å². The predicted molar refractivity (Wildman–Crippen MR) is 107 cm³/mol. The van der Waals surface area contributed by atoms with Gasteiger partial charge in [-0.3, -0.25) is 9.59 Å². The summed E-state index contributed by atoms with van der Waals surface area (Å²) in [5.41, 5.74) is 7.58. The van der Waals surface area contributed by atoms with Crippen LogP contribution in [0.2, 0.25) is 18.1 Å². The average molecular weight is 429 g/mol. The van der Waals surface area contributed by atoms with E-state index in [0.717, 1.165) is 24.3 Å². The Bertz CT molecular complexity index is 803. The molecule has 2 atom stereocenters. The Morgan fingerprint density at radius 3 is 2.10 bits per heavy atom. The minimum atomic E-state index is -4.52. The van der Waals surface area contributed by atoms with E-state index in [1.807, 2.05) is 0 Å². The molecule has 0 unspecified atom stereocenters. The number of hydrogen-bond acceptors (Lipinski definition) is 3. The Kier molecular flexibility index (Phi) is 7.68. The number of carbonyl (C=O) groups is 2. The molecule has 1 rings (SSSR count). The van der Waals surface area contributed by atoms with Crippen LogP contribution in [0.4, 0.5) is 13.2 Å². The van der Waals surface area contributed by atoms with E-state index in [2.05, 4.69) is 50.6 Å². The largest absolute Gasteiger partial charge is 0.416 e. The molecule has 160 valence electrons. The van der Waals surface area contributed by atoms with Gasteiger partial charge >= 0.3 is 6.18 Å². The molecule has 0 aromatic heterocycles. The van der Waals surface area contributed by atoms with Gasteiger partial charge in [0, 0.05) is 6.42 Å². The average Bonchev–Trinajstić information content (AvgIpc) is 2.58. The van der Waals surface area contributed by atoms with Crippen LogP contribution in [0.5, 0.6) is 0 Å². The minimum absolute atomic E-state index is 0.0181. The monoisotopic (exact) mass is 428 g/mol. The molecule has 0 aliphatic carbocycles. The molecule has 0 radical (unpaired) electrons. The van der Waals surface area contributed by atoms with Crippen molar-refractivity contribution in [1.29, 1.82) is 0 Å². The van der Waals surface area contributed by atoms with Crippen LogP contribution in [0, 0.1) is 11.5 Å². The summed E-state index contributed by atoms with van der Waals surface area (Å²) in [4.78, 5) is 23.9. The number of primary amides is 1. The van der Waals surface area contributed by atoms with E-state index in [9.17, 15) is 27.9 Å². The van der Waals surface area contributed by atoms with Gasteiger partial charge in [-0.2, -0.15) is 13.2 Å². The summed E-state index contributed by atoms with van der Waals surface area (Å²) in [5, 5.41) is 12.4. The highest BCUT2D eigenvalue weighted by atomic mass is 28.3. The highest BCUT2D eigenvalue weighted by Gasteiger charge is 2.34. The molecular weight excluding hydrogens is 401 g/mol. The first-order chi connectivity index (χ1) is 13.1. The fourth-order valence-electron chi connectivity index (χ4n) is 2.04. The Labute approximate surface area is 169 Å². The summed E-state index contributed by atoms with van der Waals surface area (Å²) in [6.07, 6.45) is -6.29. The first-order valence-electron chi connectivity index (χ1n) is 9.01. The molecule has 29 heavy (non-hydrogen) atoms. The molecule has 0 fully saturated rings. The molecule has 1 aromatic rings. The van der Waals surface area contributed by atoms with Gasteiger partial charge < -0.3 is 16.2 Å². The second-order valence-electron chi connectivity index (χ2n) is 8.37. The Balaban J connectivity index is 2.87. The van der Waals surface area contributed by atoms with E-state index < -0.39 is 43.8 Å². The Morgan fingerprint density at radius 1 is 1.17 bits per heavy atom. The second kappa shape index (κ2) is 9.01. The normalized spacial score (nSPS) is 14.4. The summed E-state index contributed by atoms with van der Waals surface area (Å²) in [6.45, 7) is 10.4. The number of halogens is 3. The van der Waals surface area contributed by atoms with Crippen LogP contribution in [0.25, 0.3) is 0 Å². The molecule has 0 aliphatic heterocycles. The molecule has 2 amide bonds. The van der Waals surface area contributed by atoms with E-state index in [4.69, 9.17) is 5.73 Å². The lowest BCUT2D eigenvalue weighted by atomic mass is 10.1. The number of carbonyl (C=O) groups excluding carboxylic acids is 2. The third-order valence-corrected chi connectivity index (χ3v) is 9.60. The van der Waals surface area contributed by atoms with Crippen molar-refractivity contribution < 1.29 is 27.9 Å². The molecular formula is C20H27F3N2O3Si. The maximum absolute atomic E-state index is 12.6. The van der Waals surface area contributed by atoms with Gasteiger partial charge in [0.2, 0.25) is 5.91 Å². The topological polar surface area (TPSA) is 92.4 Å². The standard InChI is InChI=1S/C20H27F3N2O3Si/c1-19(2,3)29(4,5)12-6-7-15(17(24)27)25-18(28)16(26)13-8-10-14(11-9-13)20(21,22)23/h8-11,15-16,26H,7H2,1-5H3,(H2,24,27)(H,25,28)/t15-,16-/m0/s1. The number of rotatable bonds is 5. The smallest absolute Gasteiger partial charge is 0.378 e. The minimum Gasteiger partial charge on any atom is -0.378 e. The Hall–Kier alpha value is -2.31. The van der Waals surface area contributed by atoms with Gasteiger partial charge in [0.15, 0.2) is 6.10 Å². The third kappa shape index (κ3) is 6.90. The van der Waals surface area contributed by atoms with Gasteiger partial charge in [-0.15, -0.1) is 11.5 Å². The number of hydrogen-bond donors (Lipinski definition) is 3. The number of alkyl halides is 3. The van der Waals surface area contributed by atoms with Crippen LogP contribution in [-0.4, -0.2) is 31.0 Å². The number of nitrogens with two attached hydrogens (primary N) is 1. The fourth-order valence-corrected chi connectivity index (χ4v) is 2.96. The molecule has 0 saturated carbocycles. The van der Waals surface area contributed by atoms with Crippen LogP contribution < -0.4 is 11.1 Å². The Morgan fingerprint density at radius 2 is 1.69 bits per heavy atom. The molecule has 1 aromatic carbocycles. The van der Waals surface area contributed by atoms with E-state index in [1.54, 1.807) is 0 Å². The lowest BCUT2D eigenvalue weighted by Gasteiger charge is -2.31. The number of nitrogens with one attached hydrogen (secondary N) is 1. The second-order valence-corrected chi connectivity index (χ2v) is 13.4. The quantitative estimate of drug-likeness (QED) is 0.497. The maximum atomic E-state index is 12.6. The summed E-state index contributed by atoms with van der Waals surface area (Å²) < 4.78 is 37.8. The first kappa shape index (κ1) is 24.7. The zero-order valence-corrected chi connectivity index (χ0v) is 18.1. The van der Waals surface area contributed by atoms with Gasteiger partial charge in [-0.05, 0) is 22.7 Å². The molecule has 9 heteroatoms. The van der Waals surface area contributed by atoms with E-state index in [1.165, 1.54) is 0 Å². The maximum Gasteiger partial charge on any atom is 0.416 e. The van der Waals surface area contributed by atoms with Crippen molar-refractivity contribution in [3.05, 3.63) is 35.4 Å². The van der Waals surface area contributed by atoms with E-state index >= 15 is 0 Å². The van der Waals surface area contributed by atoms with Gasteiger partial charge in [0.25, 0.3) is 5.91 Å². The SMILES string of the molecule is CC(C)(C)[Si](C)(C)C#CC[C@H](NC(=O)[C@@H](O)c1ccc(C(F)(F)F)cc1)C(N)=O. The van der Waals surface area contributed by atoms with Crippen LogP contribution in [0.1, 0.15) is 44.4 Å². The number of amides is 2. The summed E-state index contributed by atoms with van der Waals surface area (Å²) in [7, 11) is -1.91. The predicted octanol–water partition coefficient (Wildman–Crippen LogP) is 3.15. The molecule has 0 saturated heterocycles. The van der Waals surface area contributed by atoms with Gasteiger partial charge in [-0.1, -0.05) is 46.0 Å². The van der Waals surface area contributed by atoms with Gasteiger partial charge in [-0.25, -0.2) is 0 Å².